The third-order valence-electron chi connectivity index (χ3n) is 3.19. The van der Waals surface area contributed by atoms with Crippen LogP contribution >= 0.6 is 23.2 Å². The molecule has 0 spiro atoms. The number of rotatable bonds is 7. The van der Waals surface area contributed by atoms with E-state index in [0.717, 1.165) is 12.8 Å². The summed E-state index contributed by atoms with van der Waals surface area (Å²) in [5.41, 5.74) is 0.323. The van der Waals surface area contributed by atoms with E-state index >= 15 is 0 Å². The fraction of sp³-hybridized carbons (Fsp3) is 0.667. The molecule has 1 aromatic heterocycles. The van der Waals surface area contributed by atoms with Gasteiger partial charge in [0.2, 0.25) is 0 Å². The van der Waals surface area contributed by atoms with Crippen molar-refractivity contribution in [2.45, 2.75) is 40.5 Å². The van der Waals surface area contributed by atoms with Gasteiger partial charge in [0.15, 0.2) is 10.3 Å². The Bertz CT molecular complexity index is 466. The van der Waals surface area contributed by atoms with Gasteiger partial charge in [-0.15, -0.1) is 10.2 Å². The minimum Gasteiger partial charge on any atom is -0.339 e. The molecule has 0 bridgehead atoms. The number of hydrogen-bond donors (Lipinski definition) is 0. The van der Waals surface area contributed by atoms with Crippen molar-refractivity contribution in [1.29, 1.82) is 0 Å². The Morgan fingerprint density at radius 1 is 1.10 bits per heavy atom. The first kappa shape index (κ1) is 18.2. The summed E-state index contributed by atoms with van der Waals surface area (Å²) in [5, 5.41) is 7.63. The molecule has 1 heterocycles. The highest BCUT2D eigenvalue weighted by molar-refractivity contribution is 6.34. The molecule has 0 saturated carbocycles. The van der Waals surface area contributed by atoms with E-state index in [1.54, 1.807) is 0 Å². The monoisotopic (exact) mass is 331 g/mol. The zero-order chi connectivity index (χ0) is 16.0. The number of halogens is 2. The van der Waals surface area contributed by atoms with Crippen molar-refractivity contribution < 1.29 is 4.79 Å². The predicted octanol–water partition coefficient (Wildman–Crippen LogP) is 4.32. The van der Waals surface area contributed by atoms with Crippen LogP contribution in [0, 0.1) is 11.8 Å². The summed E-state index contributed by atoms with van der Waals surface area (Å²) in [6.45, 7) is 9.98. The van der Waals surface area contributed by atoms with Crippen LogP contribution < -0.4 is 0 Å². The Morgan fingerprint density at radius 3 is 2.10 bits per heavy atom. The van der Waals surface area contributed by atoms with E-state index in [0.29, 0.717) is 30.5 Å². The van der Waals surface area contributed by atoms with Crippen LogP contribution in [-0.2, 0) is 0 Å². The van der Waals surface area contributed by atoms with Gasteiger partial charge < -0.3 is 4.90 Å². The molecule has 0 atom stereocenters. The Hall–Kier alpha value is -0.870. The summed E-state index contributed by atoms with van der Waals surface area (Å²) in [6, 6.07) is 1.48. The zero-order valence-corrected chi connectivity index (χ0v) is 14.6. The first-order chi connectivity index (χ1) is 9.81. The Labute approximate surface area is 136 Å². The lowest BCUT2D eigenvalue weighted by Gasteiger charge is -2.24. The molecule has 0 fully saturated rings. The maximum atomic E-state index is 12.7. The fourth-order valence-electron chi connectivity index (χ4n) is 1.82. The van der Waals surface area contributed by atoms with E-state index in [1.165, 1.54) is 6.07 Å². The molecule has 0 unspecified atom stereocenters. The molecular formula is C15H23Cl2N3O. The maximum absolute atomic E-state index is 12.7. The van der Waals surface area contributed by atoms with Crippen molar-refractivity contribution >= 4 is 29.1 Å². The first-order valence-electron chi connectivity index (χ1n) is 7.29. The summed E-state index contributed by atoms with van der Waals surface area (Å²) in [7, 11) is 0. The second-order valence-corrected chi connectivity index (χ2v) is 6.77. The molecule has 4 nitrogen and oxygen atoms in total. The number of nitrogens with zero attached hydrogens (tertiary/aromatic N) is 3. The molecule has 118 valence electrons. The third-order valence-corrected chi connectivity index (χ3v) is 3.65. The van der Waals surface area contributed by atoms with Gasteiger partial charge in [-0.1, -0.05) is 50.9 Å². The number of amides is 1. The molecule has 0 saturated heterocycles. The average Bonchev–Trinajstić information content (AvgIpc) is 2.40. The molecule has 0 aromatic carbocycles. The Balaban J connectivity index is 2.89. The van der Waals surface area contributed by atoms with E-state index in [2.05, 4.69) is 37.9 Å². The van der Waals surface area contributed by atoms with E-state index in [-0.39, 0.29) is 16.2 Å². The first-order valence-corrected chi connectivity index (χ1v) is 8.04. The van der Waals surface area contributed by atoms with Crippen LogP contribution in [0.1, 0.15) is 50.9 Å². The molecule has 0 aliphatic rings. The maximum Gasteiger partial charge on any atom is 0.257 e. The van der Waals surface area contributed by atoms with E-state index in [4.69, 9.17) is 23.2 Å². The van der Waals surface area contributed by atoms with E-state index in [9.17, 15) is 4.79 Å². The van der Waals surface area contributed by atoms with Gasteiger partial charge in [-0.05, 0) is 30.7 Å². The minimum atomic E-state index is -0.127. The number of carbonyl (C=O) groups excluding carboxylic acids is 1. The van der Waals surface area contributed by atoms with Crippen LogP contribution in [-0.4, -0.2) is 34.1 Å². The molecule has 0 radical (unpaired) electrons. The molecule has 0 N–H and O–H groups in total. The average molecular weight is 332 g/mol. The molecule has 1 rings (SSSR count). The Morgan fingerprint density at radius 2 is 1.62 bits per heavy atom. The van der Waals surface area contributed by atoms with Crippen molar-refractivity contribution in [3.05, 3.63) is 21.9 Å². The van der Waals surface area contributed by atoms with Crippen molar-refractivity contribution in [2.75, 3.05) is 13.1 Å². The van der Waals surface area contributed by atoms with Gasteiger partial charge in [0, 0.05) is 13.1 Å². The van der Waals surface area contributed by atoms with Crippen LogP contribution in [0.2, 0.25) is 10.3 Å². The number of hydrogen-bond acceptors (Lipinski definition) is 3. The summed E-state index contributed by atoms with van der Waals surface area (Å²) in [4.78, 5) is 14.5. The molecule has 1 amide bonds. The summed E-state index contributed by atoms with van der Waals surface area (Å²) < 4.78 is 0. The van der Waals surface area contributed by atoms with Crippen molar-refractivity contribution in [2.24, 2.45) is 11.8 Å². The number of carbonyl (C=O) groups is 1. The van der Waals surface area contributed by atoms with E-state index < -0.39 is 0 Å². The fourth-order valence-corrected chi connectivity index (χ4v) is 2.14. The van der Waals surface area contributed by atoms with Gasteiger partial charge in [0.25, 0.3) is 5.91 Å². The lowest BCUT2D eigenvalue weighted by Crippen LogP contribution is -2.34. The van der Waals surface area contributed by atoms with Crippen LogP contribution in [0.25, 0.3) is 0 Å². The predicted molar refractivity (Wildman–Crippen MR) is 86.9 cm³/mol. The second kappa shape index (κ2) is 8.54. The van der Waals surface area contributed by atoms with Gasteiger partial charge in [-0.2, -0.15) is 0 Å². The molecule has 6 heteroatoms. The summed E-state index contributed by atoms with van der Waals surface area (Å²) in [6.07, 6.45) is 1.90. The van der Waals surface area contributed by atoms with Crippen LogP contribution in [0.5, 0.6) is 0 Å². The van der Waals surface area contributed by atoms with Crippen molar-refractivity contribution in [3.8, 4) is 0 Å². The second-order valence-electron chi connectivity index (χ2n) is 6.03. The van der Waals surface area contributed by atoms with Crippen LogP contribution in [0.4, 0.5) is 0 Å². The zero-order valence-electron chi connectivity index (χ0n) is 13.1. The van der Waals surface area contributed by atoms with Crippen LogP contribution in [0.3, 0.4) is 0 Å². The highest BCUT2D eigenvalue weighted by Crippen LogP contribution is 2.19. The quantitative estimate of drug-likeness (QED) is 0.747. The van der Waals surface area contributed by atoms with E-state index in [1.807, 2.05) is 4.90 Å². The molecule has 0 aliphatic carbocycles. The minimum absolute atomic E-state index is 0.100. The van der Waals surface area contributed by atoms with Crippen LogP contribution in [0.15, 0.2) is 6.07 Å². The van der Waals surface area contributed by atoms with Crippen molar-refractivity contribution in [1.82, 2.24) is 15.1 Å². The SMILES string of the molecule is CC(C)CCN(CCC(C)C)C(=O)c1cc(Cl)nnc1Cl. The highest BCUT2D eigenvalue weighted by atomic mass is 35.5. The van der Waals surface area contributed by atoms with Gasteiger partial charge in [-0.25, -0.2) is 0 Å². The number of aromatic nitrogens is 2. The topological polar surface area (TPSA) is 46.1 Å². The highest BCUT2D eigenvalue weighted by Gasteiger charge is 2.20. The molecular weight excluding hydrogens is 309 g/mol. The van der Waals surface area contributed by atoms with Gasteiger partial charge in [0.1, 0.15) is 0 Å². The normalized spacial score (nSPS) is 11.2. The third kappa shape index (κ3) is 6.18. The lowest BCUT2D eigenvalue weighted by atomic mass is 10.1. The Kier molecular flexibility index (Phi) is 7.40. The standard InChI is InChI=1S/C15H23Cl2N3O/c1-10(2)5-7-20(8-6-11(3)4)15(21)12-9-13(16)18-19-14(12)17/h9-11H,5-8H2,1-4H3. The van der Waals surface area contributed by atoms with Gasteiger partial charge in [0.05, 0.1) is 5.56 Å². The molecule has 0 aliphatic heterocycles. The van der Waals surface area contributed by atoms with Gasteiger partial charge in [-0.3, -0.25) is 4.79 Å². The van der Waals surface area contributed by atoms with Gasteiger partial charge >= 0.3 is 0 Å². The largest absolute Gasteiger partial charge is 0.339 e. The smallest absolute Gasteiger partial charge is 0.257 e. The molecule has 1 aromatic rings. The molecule has 21 heavy (non-hydrogen) atoms. The summed E-state index contributed by atoms with van der Waals surface area (Å²) >= 11 is 11.8. The van der Waals surface area contributed by atoms with Crippen molar-refractivity contribution in [3.63, 3.8) is 0 Å². The summed E-state index contributed by atoms with van der Waals surface area (Å²) in [5.74, 6) is 0.945. The lowest BCUT2D eigenvalue weighted by molar-refractivity contribution is 0.0740.